The highest BCUT2D eigenvalue weighted by molar-refractivity contribution is 5.35. The van der Waals surface area contributed by atoms with Crippen molar-refractivity contribution in [3.8, 4) is 0 Å². The van der Waals surface area contributed by atoms with E-state index in [0.29, 0.717) is 5.41 Å². The molecule has 0 saturated carbocycles. The molecule has 1 aromatic rings. The van der Waals surface area contributed by atoms with Crippen LogP contribution < -0.4 is 5.32 Å². The van der Waals surface area contributed by atoms with Crippen molar-refractivity contribution in [1.29, 1.82) is 0 Å². The van der Waals surface area contributed by atoms with Crippen LogP contribution in [0.1, 0.15) is 25.0 Å². The minimum absolute atomic E-state index is 0.325. The number of hydrogen-bond donors (Lipinski definition) is 1. The minimum atomic E-state index is 0.325. The van der Waals surface area contributed by atoms with Crippen LogP contribution in [-0.2, 0) is 5.41 Å². The largest absolute Gasteiger partial charge is 0.316 e. The molecule has 0 bridgehead atoms. The lowest BCUT2D eigenvalue weighted by molar-refractivity contribution is 0.402. The quantitative estimate of drug-likeness (QED) is 0.715. The van der Waals surface area contributed by atoms with Crippen molar-refractivity contribution in [3.05, 3.63) is 35.4 Å². The third-order valence-electron chi connectivity index (χ3n) is 3.79. The summed E-state index contributed by atoms with van der Waals surface area (Å²) in [6.07, 6.45) is 0. The molecule has 0 aromatic heterocycles. The average Bonchev–Trinajstić information content (AvgIpc) is 2.49. The first kappa shape index (κ1) is 9.72. The molecule has 0 radical (unpaired) electrons. The van der Waals surface area contributed by atoms with E-state index in [0.717, 1.165) is 19.0 Å². The maximum atomic E-state index is 3.49. The highest BCUT2D eigenvalue weighted by Gasteiger charge is 2.37. The van der Waals surface area contributed by atoms with Crippen molar-refractivity contribution in [3.63, 3.8) is 0 Å². The Labute approximate surface area is 86.5 Å². The number of benzene rings is 1. The van der Waals surface area contributed by atoms with Crippen LogP contribution in [0.5, 0.6) is 0 Å². The van der Waals surface area contributed by atoms with E-state index in [-0.39, 0.29) is 0 Å². The summed E-state index contributed by atoms with van der Waals surface area (Å²) in [5.41, 5.74) is 3.26. The predicted molar refractivity (Wildman–Crippen MR) is 60.6 cm³/mol. The number of hydrogen-bond acceptors (Lipinski definition) is 1. The number of aryl methyl sites for hydroxylation is 1. The van der Waals surface area contributed by atoms with Crippen LogP contribution >= 0.6 is 0 Å². The second-order valence-corrected chi connectivity index (χ2v) is 4.76. The van der Waals surface area contributed by atoms with Crippen LogP contribution in [0.3, 0.4) is 0 Å². The zero-order chi connectivity index (χ0) is 10.2. The molecular weight excluding hydrogens is 170 g/mol. The van der Waals surface area contributed by atoms with Crippen LogP contribution in [0.2, 0.25) is 0 Å². The van der Waals surface area contributed by atoms with Gasteiger partial charge in [-0.3, -0.25) is 0 Å². The van der Waals surface area contributed by atoms with Crippen molar-refractivity contribution in [1.82, 2.24) is 5.32 Å². The van der Waals surface area contributed by atoms with E-state index in [1.54, 1.807) is 0 Å². The first-order chi connectivity index (χ1) is 6.64. The van der Waals surface area contributed by atoms with Crippen molar-refractivity contribution in [2.75, 3.05) is 13.1 Å². The van der Waals surface area contributed by atoms with Gasteiger partial charge in [0.15, 0.2) is 0 Å². The Hall–Kier alpha value is -0.820. The smallest absolute Gasteiger partial charge is 0.00897 e. The standard InChI is InChI=1S/C13H19N/c1-10-6-4-5-7-12(10)13(3)9-14-8-11(13)2/h4-7,11,14H,8-9H2,1-3H3. The molecule has 0 aliphatic carbocycles. The predicted octanol–water partition coefficient (Wildman–Crippen LogP) is 2.49. The van der Waals surface area contributed by atoms with Gasteiger partial charge >= 0.3 is 0 Å². The van der Waals surface area contributed by atoms with Crippen LogP contribution in [0.15, 0.2) is 24.3 Å². The summed E-state index contributed by atoms with van der Waals surface area (Å²) in [6, 6.07) is 8.76. The second kappa shape index (κ2) is 3.39. The highest BCUT2D eigenvalue weighted by Crippen LogP contribution is 2.36. The molecule has 2 unspecified atom stereocenters. The van der Waals surface area contributed by atoms with Gasteiger partial charge in [-0.05, 0) is 30.5 Å². The van der Waals surface area contributed by atoms with Gasteiger partial charge in [0, 0.05) is 12.0 Å². The van der Waals surface area contributed by atoms with Crippen molar-refractivity contribution >= 4 is 0 Å². The fraction of sp³-hybridized carbons (Fsp3) is 0.538. The summed E-state index contributed by atoms with van der Waals surface area (Å²) in [4.78, 5) is 0. The Morgan fingerprint density at radius 3 is 2.64 bits per heavy atom. The van der Waals surface area contributed by atoms with Gasteiger partial charge in [0.25, 0.3) is 0 Å². The maximum Gasteiger partial charge on any atom is 0.00897 e. The van der Waals surface area contributed by atoms with Gasteiger partial charge in [0.2, 0.25) is 0 Å². The first-order valence-electron chi connectivity index (χ1n) is 5.41. The molecule has 0 spiro atoms. The van der Waals surface area contributed by atoms with Crippen LogP contribution in [0.4, 0.5) is 0 Å². The van der Waals surface area contributed by atoms with Crippen LogP contribution in [0.25, 0.3) is 0 Å². The van der Waals surface area contributed by atoms with Gasteiger partial charge in [-0.1, -0.05) is 38.1 Å². The van der Waals surface area contributed by atoms with Gasteiger partial charge in [0.05, 0.1) is 0 Å². The summed E-state index contributed by atoms with van der Waals surface area (Å²) in [5, 5.41) is 3.49. The lowest BCUT2D eigenvalue weighted by atomic mass is 9.73. The zero-order valence-corrected chi connectivity index (χ0v) is 9.30. The first-order valence-corrected chi connectivity index (χ1v) is 5.41. The van der Waals surface area contributed by atoms with Crippen molar-refractivity contribution < 1.29 is 0 Å². The topological polar surface area (TPSA) is 12.0 Å². The van der Waals surface area contributed by atoms with Crippen LogP contribution in [0, 0.1) is 12.8 Å². The second-order valence-electron chi connectivity index (χ2n) is 4.76. The highest BCUT2D eigenvalue weighted by atomic mass is 14.9. The van der Waals surface area contributed by atoms with E-state index < -0.39 is 0 Å². The van der Waals surface area contributed by atoms with Crippen LogP contribution in [-0.4, -0.2) is 13.1 Å². The lowest BCUT2D eigenvalue weighted by Gasteiger charge is -2.30. The molecule has 1 heteroatoms. The Morgan fingerprint density at radius 1 is 1.36 bits per heavy atom. The molecule has 1 aliphatic heterocycles. The summed E-state index contributed by atoms with van der Waals surface area (Å²) in [5.74, 6) is 0.726. The summed E-state index contributed by atoms with van der Waals surface area (Å²) in [7, 11) is 0. The fourth-order valence-electron chi connectivity index (χ4n) is 2.52. The summed E-state index contributed by atoms with van der Waals surface area (Å²) >= 11 is 0. The lowest BCUT2D eigenvalue weighted by Crippen LogP contribution is -2.30. The van der Waals surface area contributed by atoms with E-state index in [2.05, 4.69) is 50.4 Å². The summed E-state index contributed by atoms with van der Waals surface area (Å²) in [6.45, 7) is 9.18. The van der Waals surface area contributed by atoms with Gasteiger partial charge in [-0.15, -0.1) is 0 Å². The van der Waals surface area contributed by atoms with E-state index in [1.807, 2.05) is 0 Å². The molecule has 76 valence electrons. The Bertz CT molecular complexity index is 332. The van der Waals surface area contributed by atoms with Gasteiger partial charge in [-0.2, -0.15) is 0 Å². The van der Waals surface area contributed by atoms with E-state index in [9.17, 15) is 0 Å². The molecule has 1 fully saturated rings. The van der Waals surface area contributed by atoms with E-state index in [1.165, 1.54) is 11.1 Å². The van der Waals surface area contributed by atoms with Crippen molar-refractivity contribution in [2.45, 2.75) is 26.2 Å². The Kier molecular flexibility index (Phi) is 2.36. The molecule has 1 aromatic carbocycles. The van der Waals surface area contributed by atoms with Gasteiger partial charge in [-0.25, -0.2) is 0 Å². The zero-order valence-electron chi connectivity index (χ0n) is 9.30. The molecule has 1 nitrogen and oxygen atoms in total. The molecule has 2 rings (SSSR count). The molecule has 1 N–H and O–H groups in total. The molecule has 0 amide bonds. The monoisotopic (exact) mass is 189 g/mol. The molecular formula is C13H19N. The number of nitrogens with one attached hydrogen (secondary N) is 1. The Morgan fingerprint density at radius 2 is 2.07 bits per heavy atom. The minimum Gasteiger partial charge on any atom is -0.316 e. The average molecular weight is 189 g/mol. The van der Waals surface area contributed by atoms with E-state index >= 15 is 0 Å². The molecule has 1 saturated heterocycles. The normalized spacial score (nSPS) is 32.1. The third-order valence-corrected chi connectivity index (χ3v) is 3.79. The summed E-state index contributed by atoms with van der Waals surface area (Å²) < 4.78 is 0. The maximum absolute atomic E-state index is 3.49. The SMILES string of the molecule is Cc1ccccc1C1(C)CNCC1C. The molecule has 1 heterocycles. The molecule has 2 atom stereocenters. The Balaban J connectivity index is 2.43. The molecule has 1 aliphatic rings. The fourth-order valence-corrected chi connectivity index (χ4v) is 2.52. The molecule has 14 heavy (non-hydrogen) atoms. The number of rotatable bonds is 1. The van der Waals surface area contributed by atoms with Gasteiger partial charge < -0.3 is 5.32 Å². The van der Waals surface area contributed by atoms with Crippen molar-refractivity contribution in [2.24, 2.45) is 5.92 Å². The third kappa shape index (κ3) is 1.36. The van der Waals surface area contributed by atoms with Gasteiger partial charge in [0.1, 0.15) is 0 Å². The van der Waals surface area contributed by atoms with E-state index in [4.69, 9.17) is 0 Å².